The molecule has 5 nitrogen and oxygen atoms in total. The zero-order chi connectivity index (χ0) is 15.8. The molecular formula is C13H9F3O5. The third kappa shape index (κ3) is 2.69. The molecule has 112 valence electrons. The Morgan fingerprint density at radius 3 is 2.57 bits per heavy atom. The van der Waals surface area contributed by atoms with Crippen molar-refractivity contribution in [2.75, 3.05) is 7.11 Å². The topological polar surface area (TPSA) is 76.7 Å². The predicted octanol–water partition coefficient (Wildman–Crippen LogP) is 2.45. The Morgan fingerprint density at radius 1 is 1.38 bits per heavy atom. The van der Waals surface area contributed by atoms with Crippen LogP contribution in [0.15, 0.2) is 27.4 Å². The summed E-state index contributed by atoms with van der Waals surface area (Å²) < 4.78 is 49.5. The smallest absolute Gasteiger partial charge is 0.417 e. The van der Waals surface area contributed by atoms with Gasteiger partial charge in [0.25, 0.3) is 0 Å². The first-order chi connectivity index (χ1) is 9.75. The maximum atomic E-state index is 13.3. The number of rotatable bonds is 3. The van der Waals surface area contributed by atoms with Gasteiger partial charge in [0.1, 0.15) is 11.3 Å². The van der Waals surface area contributed by atoms with Crippen LogP contribution in [0.25, 0.3) is 11.0 Å². The molecule has 21 heavy (non-hydrogen) atoms. The van der Waals surface area contributed by atoms with Crippen LogP contribution in [-0.2, 0) is 17.4 Å². The maximum Gasteiger partial charge on any atom is 0.417 e. The number of carbonyl (C=O) groups is 1. The van der Waals surface area contributed by atoms with Crippen LogP contribution in [0.2, 0.25) is 0 Å². The van der Waals surface area contributed by atoms with E-state index in [2.05, 4.69) is 0 Å². The lowest BCUT2D eigenvalue weighted by Crippen LogP contribution is -2.21. The van der Waals surface area contributed by atoms with Crippen LogP contribution in [0.4, 0.5) is 13.2 Å². The van der Waals surface area contributed by atoms with Crippen molar-refractivity contribution >= 4 is 16.9 Å². The normalized spacial score (nSPS) is 11.6. The van der Waals surface area contributed by atoms with Crippen LogP contribution < -0.4 is 10.4 Å². The highest BCUT2D eigenvalue weighted by Gasteiger charge is 2.39. The molecule has 0 fully saturated rings. The molecule has 0 aliphatic carbocycles. The summed E-state index contributed by atoms with van der Waals surface area (Å²) in [5.74, 6) is -1.72. The first-order valence-corrected chi connectivity index (χ1v) is 5.67. The van der Waals surface area contributed by atoms with E-state index < -0.39 is 40.7 Å². The summed E-state index contributed by atoms with van der Waals surface area (Å²) in [6.45, 7) is 0. The van der Waals surface area contributed by atoms with E-state index in [9.17, 15) is 22.8 Å². The van der Waals surface area contributed by atoms with E-state index in [1.807, 2.05) is 0 Å². The Morgan fingerprint density at radius 2 is 2.05 bits per heavy atom. The Bertz CT molecular complexity index is 761. The lowest BCUT2D eigenvalue weighted by molar-refractivity contribution is -0.139. The summed E-state index contributed by atoms with van der Waals surface area (Å²) in [5, 5.41) is 8.23. The van der Waals surface area contributed by atoms with Gasteiger partial charge in [0.2, 0.25) is 0 Å². The summed E-state index contributed by atoms with van der Waals surface area (Å²) in [6.07, 6.45) is -6.02. The summed E-state index contributed by atoms with van der Waals surface area (Å²) in [5.41, 5.74) is -3.94. The molecule has 0 saturated heterocycles. The second-order valence-corrected chi connectivity index (χ2v) is 4.14. The number of halogens is 3. The van der Waals surface area contributed by atoms with Crippen LogP contribution in [0.3, 0.4) is 0 Å². The van der Waals surface area contributed by atoms with Crippen molar-refractivity contribution in [3.63, 3.8) is 0 Å². The number of ether oxygens (including phenoxy) is 1. The zero-order valence-electron chi connectivity index (χ0n) is 10.7. The van der Waals surface area contributed by atoms with Crippen molar-refractivity contribution in [1.29, 1.82) is 0 Å². The van der Waals surface area contributed by atoms with E-state index in [0.717, 1.165) is 7.11 Å². The third-order valence-corrected chi connectivity index (χ3v) is 2.82. The number of hydrogen-bond acceptors (Lipinski definition) is 4. The van der Waals surface area contributed by atoms with Crippen molar-refractivity contribution in [3.8, 4) is 5.75 Å². The second kappa shape index (κ2) is 5.12. The molecular weight excluding hydrogens is 293 g/mol. The molecule has 0 aliphatic rings. The van der Waals surface area contributed by atoms with Gasteiger partial charge in [-0.3, -0.25) is 4.79 Å². The van der Waals surface area contributed by atoms with Gasteiger partial charge in [-0.25, -0.2) is 4.79 Å². The zero-order valence-corrected chi connectivity index (χ0v) is 10.7. The van der Waals surface area contributed by atoms with Gasteiger partial charge >= 0.3 is 17.8 Å². The monoisotopic (exact) mass is 302 g/mol. The molecule has 8 heteroatoms. The number of fused-ring (bicyclic) bond motifs is 1. The van der Waals surface area contributed by atoms with Gasteiger partial charge in [0.05, 0.1) is 30.0 Å². The fourth-order valence-corrected chi connectivity index (χ4v) is 2.05. The highest BCUT2D eigenvalue weighted by atomic mass is 19.4. The molecule has 0 atom stereocenters. The quantitative estimate of drug-likeness (QED) is 0.881. The lowest BCUT2D eigenvalue weighted by atomic mass is 10.0. The molecule has 1 aromatic carbocycles. The highest BCUT2D eigenvalue weighted by molar-refractivity contribution is 5.89. The van der Waals surface area contributed by atoms with E-state index in [1.165, 1.54) is 18.2 Å². The van der Waals surface area contributed by atoms with Crippen molar-refractivity contribution in [2.45, 2.75) is 12.6 Å². The number of benzene rings is 1. The molecule has 0 spiro atoms. The standard InChI is InChI=1S/C13H9F3O5/c1-20-7-3-2-4-8-10(7)11(13(14,15)16)6(5-9(17)18)12(19)21-8/h2-4H,5H2,1H3,(H,17,18). The molecule has 0 aliphatic heterocycles. The fraction of sp³-hybridized carbons (Fsp3) is 0.231. The van der Waals surface area contributed by atoms with Gasteiger partial charge < -0.3 is 14.3 Å². The molecule has 0 saturated carbocycles. The minimum Gasteiger partial charge on any atom is -0.496 e. The summed E-state index contributed by atoms with van der Waals surface area (Å²) in [6, 6.07) is 3.81. The first-order valence-electron chi connectivity index (χ1n) is 5.67. The minimum absolute atomic E-state index is 0.157. The number of aliphatic carboxylic acids is 1. The van der Waals surface area contributed by atoms with E-state index >= 15 is 0 Å². The summed E-state index contributed by atoms with van der Waals surface area (Å²) in [4.78, 5) is 22.4. The van der Waals surface area contributed by atoms with Gasteiger partial charge in [-0.2, -0.15) is 13.2 Å². The highest BCUT2D eigenvalue weighted by Crippen LogP contribution is 2.40. The van der Waals surface area contributed by atoms with Crippen LogP contribution in [0, 0.1) is 0 Å². The van der Waals surface area contributed by atoms with Crippen LogP contribution >= 0.6 is 0 Å². The SMILES string of the molecule is COc1cccc2oc(=O)c(CC(=O)O)c(C(F)(F)F)c12. The molecule has 1 N–H and O–H groups in total. The van der Waals surface area contributed by atoms with Crippen molar-refractivity contribution in [2.24, 2.45) is 0 Å². The van der Waals surface area contributed by atoms with Gasteiger partial charge in [-0.05, 0) is 12.1 Å². The van der Waals surface area contributed by atoms with Crippen LogP contribution in [-0.4, -0.2) is 18.2 Å². The minimum atomic E-state index is -4.92. The molecule has 0 unspecified atom stereocenters. The van der Waals surface area contributed by atoms with Crippen molar-refractivity contribution in [3.05, 3.63) is 39.7 Å². The van der Waals surface area contributed by atoms with Gasteiger partial charge in [-0.1, -0.05) is 6.07 Å². The van der Waals surface area contributed by atoms with E-state index in [-0.39, 0.29) is 11.3 Å². The number of carboxylic acids is 1. The number of methoxy groups -OCH3 is 1. The molecule has 1 aromatic heterocycles. The number of hydrogen-bond donors (Lipinski definition) is 1. The number of alkyl halides is 3. The molecule has 2 rings (SSSR count). The summed E-state index contributed by atoms with van der Waals surface area (Å²) in [7, 11) is 1.16. The summed E-state index contributed by atoms with van der Waals surface area (Å²) >= 11 is 0. The van der Waals surface area contributed by atoms with Gasteiger partial charge in [0, 0.05) is 0 Å². The fourth-order valence-electron chi connectivity index (χ4n) is 2.05. The molecule has 1 heterocycles. The van der Waals surface area contributed by atoms with Crippen LogP contribution in [0.1, 0.15) is 11.1 Å². The first kappa shape index (κ1) is 14.9. The van der Waals surface area contributed by atoms with Crippen molar-refractivity contribution < 1.29 is 32.2 Å². The molecule has 0 radical (unpaired) electrons. The van der Waals surface area contributed by atoms with E-state index in [1.54, 1.807) is 0 Å². The van der Waals surface area contributed by atoms with Gasteiger partial charge in [-0.15, -0.1) is 0 Å². The third-order valence-electron chi connectivity index (χ3n) is 2.82. The van der Waals surface area contributed by atoms with Crippen LogP contribution in [0.5, 0.6) is 5.75 Å². The lowest BCUT2D eigenvalue weighted by Gasteiger charge is -2.15. The average Bonchev–Trinajstić information content (AvgIpc) is 2.36. The average molecular weight is 302 g/mol. The second-order valence-electron chi connectivity index (χ2n) is 4.14. The van der Waals surface area contributed by atoms with Gasteiger partial charge in [0.15, 0.2) is 0 Å². The largest absolute Gasteiger partial charge is 0.496 e. The molecule has 0 bridgehead atoms. The Labute approximate surface area is 115 Å². The number of carboxylic acid groups (broad SMARTS) is 1. The van der Waals surface area contributed by atoms with E-state index in [0.29, 0.717) is 0 Å². The molecule has 0 amide bonds. The Hall–Kier alpha value is -2.51. The Balaban J connectivity index is 2.99. The maximum absolute atomic E-state index is 13.3. The molecule has 2 aromatic rings. The Kier molecular flexibility index (Phi) is 3.63. The predicted molar refractivity (Wildman–Crippen MR) is 65.4 cm³/mol. The van der Waals surface area contributed by atoms with Crippen molar-refractivity contribution in [1.82, 2.24) is 0 Å². The van der Waals surface area contributed by atoms with E-state index in [4.69, 9.17) is 14.3 Å².